The summed E-state index contributed by atoms with van der Waals surface area (Å²) in [6.07, 6.45) is 0.137. The second-order valence-electron chi connectivity index (χ2n) is 6.74. The van der Waals surface area contributed by atoms with Crippen molar-refractivity contribution < 1.29 is 23.5 Å². The number of carbonyl (C=O) groups excluding carboxylic acids is 2. The van der Waals surface area contributed by atoms with E-state index in [0.717, 1.165) is 0 Å². The lowest BCUT2D eigenvalue weighted by atomic mass is 10.1. The van der Waals surface area contributed by atoms with Crippen molar-refractivity contribution in [3.63, 3.8) is 0 Å². The molecule has 2 aromatic carbocycles. The Morgan fingerprint density at radius 2 is 1.89 bits per heavy atom. The molecule has 0 aliphatic carbocycles. The molecule has 0 N–H and O–H groups in total. The highest BCUT2D eigenvalue weighted by Crippen LogP contribution is 2.33. The molecule has 1 saturated heterocycles. The number of nitrogens with zero attached hydrogens (tertiary/aromatic N) is 2. The van der Waals surface area contributed by atoms with Crippen LogP contribution in [-0.4, -0.2) is 44.5 Å². The van der Waals surface area contributed by atoms with Gasteiger partial charge < -0.3 is 19.3 Å². The number of halogens is 1. The Bertz CT molecular complexity index is 886. The number of benzene rings is 2. The van der Waals surface area contributed by atoms with Crippen LogP contribution >= 0.6 is 0 Å². The summed E-state index contributed by atoms with van der Waals surface area (Å²) in [5, 5.41) is 0. The molecular weight excluding hydrogens is 363 g/mol. The Kier molecular flexibility index (Phi) is 5.82. The molecule has 1 unspecified atom stereocenters. The SMILES string of the molecule is COc1ccc(CN(C)C(=O)C2CC(=O)N(c3ccccc3OC)C2)cc1F. The quantitative estimate of drug-likeness (QED) is 0.766. The molecule has 0 aromatic heterocycles. The van der Waals surface area contributed by atoms with Crippen LogP contribution in [0.15, 0.2) is 42.5 Å². The monoisotopic (exact) mass is 386 g/mol. The third-order valence-corrected chi connectivity index (χ3v) is 4.86. The van der Waals surface area contributed by atoms with E-state index < -0.39 is 11.7 Å². The molecule has 1 aliphatic heterocycles. The normalized spacial score (nSPS) is 16.2. The average Bonchev–Trinajstić information content (AvgIpc) is 3.08. The van der Waals surface area contributed by atoms with Gasteiger partial charge in [0, 0.05) is 26.6 Å². The number of anilines is 1. The van der Waals surface area contributed by atoms with Crippen LogP contribution < -0.4 is 14.4 Å². The molecule has 0 bridgehead atoms. The predicted octanol–water partition coefficient (Wildman–Crippen LogP) is 2.85. The molecular formula is C21H23FN2O4. The lowest BCUT2D eigenvalue weighted by Crippen LogP contribution is -2.34. The first-order valence-corrected chi connectivity index (χ1v) is 8.95. The summed E-state index contributed by atoms with van der Waals surface area (Å²) in [7, 11) is 4.60. The van der Waals surface area contributed by atoms with E-state index in [1.54, 1.807) is 37.3 Å². The highest BCUT2D eigenvalue weighted by atomic mass is 19.1. The minimum atomic E-state index is -0.473. The fourth-order valence-corrected chi connectivity index (χ4v) is 3.43. The first-order valence-electron chi connectivity index (χ1n) is 8.95. The van der Waals surface area contributed by atoms with E-state index in [-0.39, 0.29) is 30.5 Å². The number of para-hydroxylation sites is 2. The average molecular weight is 386 g/mol. The first-order chi connectivity index (χ1) is 13.4. The van der Waals surface area contributed by atoms with Crippen LogP contribution in [0.2, 0.25) is 0 Å². The van der Waals surface area contributed by atoms with E-state index in [4.69, 9.17) is 9.47 Å². The third kappa shape index (κ3) is 3.93. The van der Waals surface area contributed by atoms with Gasteiger partial charge in [0.1, 0.15) is 5.75 Å². The summed E-state index contributed by atoms with van der Waals surface area (Å²) in [5.41, 5.74) is 1.31. The number of carbonyl (C=O) groups is 2. The maximum absolute atomic E-state index is 13.9. The van der Waals surface area contributed by atoms with Crippen LogP contribution in [-0.2, 0) is 16.1 Å². The number of amides is 2. The van der Waals surface area contributed by atoms with Crippen molar-refractivity contribution in [1.29, 1.82) is 0 Å². The Hall–Kier alpha value is -3.09. The van der Waals surface area contributed by atoms with Crippen molar-refractivity contribution in [1.82, 2.24) is 4.90 Å². The fraction of sp³-hybridized carbons (Fsp3) is 0.333. The van der Waals surface area contributed by atoms with E-state index in [1.165, 1.54) is 24.1 Å². The van der Waals surface area contributed by atoms with E-state index in [0.29, 0.717) is 23.5 Å². The topological polar surface area (TPSA) is 59.1 Å². The third-order valence-electron chi connectivity index (χ3n) is 4.86. The van der Waals surface area contributed by atoms with Crippen LogP contribution in [0.1, 0.15) is 12.0 Å². The molecule has 2 aromatic rings. The van der Waals surface area contributed by atoms with Gasteiger partial charge >= 0.3 is 0 Å². The van der Waals surface area contributed by atoms with E-state index >= 15 is 0 Å². The second kappa shape index (κ2) is 8.29. The van der Waals surface area contributed by atoms with Gasteiger partial charge in [-0.25, -0.2) is 4.39 Å². The fourth-order valence-electron chi connectivity index (χ4n) is 3.43. The van der Waals surface area contributed by atoms with Gasteiger partial charge in [0.2, 0.25) is 11.8 Å². The molecule has 28 heavy (non-hydrogen) atoms. The standard InChI is InChI=1S/C21H23FN2O4/c1-23(12-14-8-9-18(27-2)16(22)10-14)21(26)15-11-20(25)24(13-15)17-6-4-5-7-19(17)28-3/h4-10,15H,11-13H2,1-3H3. The number of methoxy groups -OCH3 is 2. The van der Waals surface area contributed by atoms with Crippen molar-refractivity contribution in [3.05, 3.63) is 53.8 Å². The molecule has 3 rings (SSSR count). The summed E-state index contributed by atoms with van der Waals surface area (Å²) in [6, 6.07) is 11.8. The largest absolute Gasteiger partial charge is 0.495 e. The van der Waals surface area contributed by atoms with Crippen molar-refractivity contribution in [2.45, 2.75) is 13.0 Å². The summed E-state index contributed by atoms with van der Waals surface area (Å²) < 4.78 is 24.1. The molecule has 1 fully saturated rings. The smallest absolute Gasteiger partial charge is 0.228 e. The molecule has 1 aliphatic rings. The van der Waals surface area contributed by atoms with Gasteiger partial charge in [0.05, 0.1) is 25.8 Å². The summed E-state index contributed by atoms with van der Waals surface area (Å²) in [6.45, 7) is 0.540. The minimum absolute atomic E-state index is 0.119. The van der Waals surface area contributed by atoms with Crippen LogP contribution in [0.4, 0.5) is 10.1 Å². The van der Waals surface area contributed by atoms with Crippen molar-refractivity contribution >= 4 is 17.5 Å². The summed E-state index contributed by atoms with van der Waals surface area (Å²) in [4.78, 5) is 28.4. The van der Waals surface area contributed by atoms with Crippen molar-refractivity contribution in [3.8, 4) is 11.5 Å². The molecule has 1 heterocycles. The Labute approximate surface area is 163 Å². The molecule has 148 valence electrons. The molecule has 0 radical (unpaired) electrons. The molecule has 6 nitrogen and oxygen atoms in total. The van der Waals surface area contributed by atoms with E-state index in [1.807, 2.05) is 12.1 Å². The highest BCUT2D eigenvalue weighted by molar-refractivity contribution is 6.01. The van der Waals surface area contributed by atoms with Crippen molar-refractivity contribution in [2.24, 2.45) is 5.92 Å². The number of rotatable bonds is 6. The Morgan fingerprint density at radius 3 is 2.57 bits per heavy atom. The minimum Gasteiger partial charge on any atom is -0.495 e. The van der Waals surface area contributed by atoms with Crippen molar-refractivity contribution in [2.75, 3.05) is 32.7 Å². The molecule has 1 atom stereocenters. The summed E-state index contributed by atoms with van der Waals surface area (Å²) >= 11 is 0. The van der Waals surface area contributed by atoms with Crippen LogP contribution in [0.5, 0.6) is 11.5 Å². The zero-order chi connectivity index (χ0) is 20.3. The first kappa shape index (κ1) is 19.7. The van der Waals surface area contributed by atoms with Gasteiger partial charge in [-0.15, -0.1) is 0 Å². The number of hydrogen-bond acceptors (Lipinski definition) is 4. The second-order valence-corrected chi connectivity index (χ2v) is 6.74. The highest BCUT2D eigenvalue weighted by Gasteiger charge is 2.37. The lowest BCUT2D eigenvalue weighted by molar-refractivity contribution is -0.135. The Balaban J connectivity index is 1.69. The lowest BCUT2D eigenvalue weighted by Gasteiger charge is -2.22. The zero-order valence-corrected chi connectivity index (χ0v) is 16.1. The molecule has 0 spiro atoms. The van der Waals surface area contributed by atoms with Crippen LogP contribution in [0, 0.1) is 11.7 Å². The Morgan fingerprint density at radius 1 is 1.18 bits per heavy atom. The van der Waals surface area contributed by atoms with Gasteiger partial charge in [-0.3, -0.25) is 9.59 Å². The van der Waals surface area contributed by atoms with Crippen LogP contribution in [0.25, 0.3) is 0 Å². The number of ether oxygens (including phenoxy) is 2. The van der Waals surface area contributed by atoms with Gasteiger partial charge in [-0.1, -0.05) is 18.2 Å². The van der Waals surface area contributed by atoms with Gasteiger partial charge in [0.25, 0.3) is 0 Å². The maximum Gasteiger partial charge on any atom is 0.228 e. The molecule has 0 saturated carbocycles. The van der Waals surface area contributed by atoms with E-state index in [9.17, 15) is 14.0 Å². The van der Waals surface area contributed by atoms with Gasteiger partial charge in [-0.2, -0.15) is 0 Å². The van der Waals surface area contributed by atoms with Crippen LogP contribution in [0.3, 0.4) is 0 Å². The zero-order valence-electron chi connectivity index (χ0n) is 16.1. The summed E-state index contributed by atoms with van der Waals surface area (Å²) in [5.74, 6) is -0.448. The van der Waals surface area contributed by atoms with Gasteiger partial charge in [-0.05, 0) is 29.8 Å². The predicted molar refractivity (Wildman–Crippen MR) is 103 cm³/mol. The molecule has 7 heteroatoms. The maximum atomic E-state index is 13.9. The van der Waals surface area contributed by atoms with Gasteiger partial charge in [0.15, 0.2) is 11.6 Å². The number of hydrogen-bond donors (Lipinski definition) is 0. The molecule has 2 amide bonds. The van der Waals surface area contributed by atoms with E-state index in [2.05, 4.69) is 0 Å².